The Morgan fingerprint density at radius 1 is 1.19 bits per heavy atom. The third-order valence-electron chi connectivity index (χ3n) is 4.64. The molecule has 0 aliphatic carbocycles. The van der Waals surface area contributed by atoms with E-state index in [9.17, 15) is 9.59 Å². The molecule has 138 valence electrons. The Morgan fingerprint density at radius 3 is 2.50 bits per heavy atom. The number of carbonyl (C=O) groups is 1. The van der Waals surface area contributed by atoms with Crippen molar-refractivity contribution in [3.8, 4) is 5.75 Å². The van der Waals surface area contributed by atoms with Crippen molar-refractivity contribution >= 4 is 17.5 Å². The summed E-state index contributed by atoms with van der Waals surface area (Å²) in [6, 6.07) is 10.8. The Labute approximate surface area is 157 Å². The van der Waals surface area contributed by atoms with Gasteiger partial charge in [-0.25, -0.2) is 0 Å². The summed E-state index contributed by atoms with van der Waals surface area (Å²) in [7, 11) is 0. The van der Waals surface area contributed by atoms with Gasteiger partial charge in [-0.2, -0.15) is 0 Å². The number of H-pyrrole nitrogens is 1. The lowest BCUT2D eigenvalue weighted by Crippen LogP contribution is -2.43. The molecule has 0 bridgehead atoms. The summed E-state index contributed by atoms with van der Waals surface area (Å²) < 4.78 is 5.95. The summed E-state index contributed by atoms with van der Waals surface area (Å²) in [4.78, 5) is 29.4. The number of hydrogen-bond donors (Lipinski definition) is 1. The van der Waals surface area contributed by atoms with Gasteiger partial charge in [-0.1, -0.05) is 37.6 Å². The molecule has 1 saturated heterocycles. The minimum Gasteiger partial charge on any atom is -0.489 e. The number of aromatic amines is 1. The number of hydrogen-bond acceptors (Lipinski definition) is 3. The molecule has 5 nitrogen and oxygen atoms in total. The van der Waals surface area contributed by atoms with Gasteiger partial charge in [0.2, 0.25) is 0 Å². The van der Waals surface area contributed by atoms with Crippen LogP contribution in [-0.2, 0) is 0 Å². The lowest BCUT2D eigenvalue weighted by molar-refractivity contribution is 0.0594. The zero-order chi connectivity index (χ0) is 18.7. The molecule has 0 radical (unpaired) electrons. The van der Waals surface area contributed by atoms with E-state index in [1.165, 1.54) is 0 Å². The molecule has 0 unspecified atom stereocenters. The summed E-state index contributed by atoms with van der Waals surface area (Å²) in [5.41, 5.74) is 0.703. The maximum absolute atomic E-state index is 12.7. The quantitative estimate of drug-likeness (QED) is 0.884. The van der Waals surface area contributed by atoms with Crippen LogP contribution in [0.2, 0.25) is 5.02 Å². The standard InChI is InChI=1S/C20H23ClN2O3/c1-13(2)17-8-7-15(19(24)22-17)20(25)23-11-9-14(10-12-23)26-18-6-4-3-5-16(18)21/h3-8,13-14H,9-12H2,1-2H3,(H,22,24). The van der Waals surface area contributed by atoms with Gasteiger partial charge in [0.15, 0.2) is 0 Å². The molecular formula is C20H23ClN2O3. The summed E-state index contributed by atoms with van der Waals surface area (Å²) in [5, 5.41) is 0.586. The summed E-state index contributed by atoms with van der Waals surface area (Å²) in [6.07, 6.45) is 1.43. The molecule has 1 aromatic heterocycles. The van der Waals surface area contributed by atoms with Gasteiger partial charge in [0.05, 0.1) is 5.02 Å². The Hall–Kier alpha value is -2.27. The number of para-hydroxylation sites is 1. The maximum Gasteiger partial charge on any atom is 0.261 e. The van der Waals surface area contributed by atoms with E-state index >= 15 is 0 Å². The summed E-state index contributed by atoms with van der Waals surface area (Å²) in [6.45, 7) is 5.10. The monoisotopic (exact) mass is 374 g/mol. The van der Waals surface area contributed by atoms with Crippen LogP contribution in [0, 0.1) is 0 Å². The van der Waals surface area contributed by atoms with Gasteiger partial charge in [-0.15, -0.1) is 0 Å². The van der Waals surface area contributed by atoms with Crippen LogP contribution >= 0.6 is 11.6 Å². The van der Waals surface area contributed by atoms with Gasteiger partial charge in [-0.3, -0.25) is 9.59 Å². The molecule has 6 heteroatoms. The number of pyridine rings is 1. The number of halogens is 1. The number of ether oxygens (including phenoxy) is 1. The molecule has 1 aliphatic rings. The molecule has 1 aromatic carbocycles. The van der Waals surface area contributed by atoms with Gasteiger partial charge >= 0.3 is 0 Å². The molecule has 2 aromatic rings. The van der Waals surface area contributed by atoms with Gasteiger partial charge in [-0.05, 0) is 30.2 Å². The zero-order valence-electron chi connectivity index (χ0n) is 15.0. The summed E-state index contributed by atoms with van der Waals surface area (Å²) >= 11 is 6.13. The molecule has 1 fully saturated rings. The van der Waals surface area contributed by atoms with E-state index in [0.29, 0.717) is 36.7 Å². The number of benzene rings is 1. The molecule has 0 saturated carbocycles. The van der Waals surface area contributed by atoms with E-state index in [1.54, 1.807) is 17.0 Å². The predicted molar refractivity (Wildman–Crippen MR) is 102 cm³/mol. The van der Waals surface area contributed by atoms with Crippen molar-refractivity contribution in [2.24, 2.45) is 0 Å². The van der Waals surface area contributed by atoms with Crippen molar-refractivity contribution in [1.29, 1.82) is 0 Å². The highest BCUT2D eigenvalue weighted by Crippen LogP contribution is 2.27. The zero-order valence-corrected chi connectivity index (χ0v) is 15.8. The van der Waals surface area contributed by atoms with Crippen molar-refractivity contribution in [2.75, 3.05) is 13.1 Å². The van der Waals surface area contributed by atoms with Crippen LogP contribution in [-0.4, -0.2) is 35.0 Å². The lowest BCUT2D eigenvalue weighted by atomic mass is 10.1. The molecule has 1 amide bonds. The van der Waals surface area contributed by atoms with Gasteiger partial charge in [0, 0.05) is 31.6 Å². The molecule has 0 atom stereocenters. The first-order valence-electron chi connectivity index (χ1n) is 8.89. The Balaban J connectivity index is 1.62. The molecule has 2 heterocycles. The minimum absolute atomic E-state index is 0.0144. The molecule has 1 aliphatic heterocycles. The first-order valence-corrected chi connectivity index (χ1v) is 9.27. The van der Waals surface area contributed by atoms with Gasteiger partial charge in [0.25, 0.3) is 11.5 Å². The van der Waals surface area contributed by atoms with Gasteiger partial charge in [0.1, 0.15) is 17.4 Å². The number of aromatic nitrogens is 1. The Morgan fingerprint density at radius 2 is 1.88 bits per heavy atom. The topological polar surface area (TPSA) is 62.4 Å². The van der Waals surface area contributed by atoms with Crippen LogP contribution < -0.4 is 10.3 Å². The normalized spacial score (nSPS) is 15.3. The minimum atomic E-state index is -0.323. The lowest BCUT2D eigenvalue weighted by Gasteiger charge is -2.32. The van der Waals surface area contributed by atoms with Crippen molar-refractivity contribution in [1.82, 2.24) is 9.88 Å². The second kappa shape index (κ2) is 7.96. The van der Waals surface area contributed by atoms with Crippen LogP contribution in [0.15, 0.2) is 41.2 Å². The van der Waals surface area contributed by atoms with E-state index in [0.717, 1.165) is 5.69 Å². The van der Waals surface area contributed by atoms with E-state index in [-0.39, 0.29) is 29.1 Å². The first kappa shape index (κ1) is 18.5. The number of nitrogens with one attached hydrogen (secondary N) is 1. The SMILES string of the molecule is CC(C)c1ccc(C(=O)N2CCC(Oc3ccccc3Cl)CC2)c(=O)[nH]1. The molecule has 0 spiro atoms. The third-order valence-corrected chi connectivity index (χ3v) is 4.96. The maximum atomic E-state index is 12.7. The highest BCUT2D eigenvalue weighted by Gasteiger charge is 2.26. The van der Waals surface area contributed by atoms with Crippen molar-refractivity contribution in [3.63, 3.8) is 0 Å². The van der Waals surface area contributed by atoms with E-state index in [1.807, 2.05) is 38.1 Å². The number of piperidine rings is 1. The predicted octanol–water partition coefficient (Wildman–Crippen LogP) is 3.84. The highest BCUT2D eigenvalue weighted by atomic mass is 35.5. The van der Waals surface area contributed by atoms with E-state index in [2.05, 4.69) is 4.98 Å². The largest absolute Gasteiger partial charge is 0.489 e. The summed E-state index contributed by atoms with van der Waals surface area (Å²) in [5.74, 6) is 0.655. The fraction of sp³-hybridized carbons (Fsp3) is 0.400. The van der Waals surface area contributed by atoms with Crippen LogP contribution in [0.3, 0.4) is 0 Å². The molecule has 1 N–H and O–H groups in total. The fourth-order valence-electron chi connectivity index (χ4n) is 3.06. The number of likely N-dealkylation sites (tertiary alicyclic amines) is 1. The third kappa shape index (κ3) is 4.10. The average molecular weight is 375 g/mol. The number of amides is 1. The van der Waals surface area contributed by atoms with Crippen molar-refractivity contribution < 1.29 is 9.53 Å². The first-order chi connectivity index (χ1) is 12.5. The number of rotatable bonds is 4. The second-order valence-corrected chi connectivity index (χ2v) is 7.26. The Bertz CT molecular complexity index is 839. The van der Waals surface area contributed by atoms with Crippen LogP contribution in [0.5, 0.6) is 5.75 Å². The fourth-order valence-corrected chi connectivity index (χ4v) is 3.24. The highest BCUT2D eigenvalue weighted by molar-refractivity contribution is 6.32. The van der Waals surface area contributed by atoms with Crippen molar-refractivity contribution in [2.45, 2.75) is 38.7 Å². The van der Waals surface area contributed by atoms with Crippen LogP contribution in [0.25, 0.3) is 0 Å². The van der Waals surface area contributed by atoms with E-state index < -0.39 is 0 Å². The average Bonchev–Trinajstić information content (AvgIpc) is 2.63. The van der Waals surface area contributed by atoms with Crippen LogP contribution in [0.1, 0.15) is 48.7 Å². The Kier molecular flexibility index (Phi) is 5.67. The number of carbonyl (C=O) groups excluding carboxylic acids is 1. The smallest absolute Gasteiger partial charge is 0.261 e. The second-order valence-electron chi connectivity index (χ2n) is 6.85. The number of nitrogens with zero attached hydrogens (tertiary/aromatic N) is 1. The molecule has 3 rings (SSSR count). The van der Waals surface area contributed by atoms with Crippen molar-refractivity contribution in [3.05, 3.63) is 63.0 Å². The molecular weight excluding hydrogens is 352 g/mol. The van der Waals surface area contributed by atoms with Crippen LogP contribution in [0.4, 0.5) is 0 Å². The van der Waals surface area contributed by atoms with Gasteiger partial charge < -0.3 is 14.6 Å². The van der Waals surface area contributed by atoms with E-state index in [4.69, 9.17) is 16.3 Å². The molecule has 26 heavy (non-hydrogen) atoms.